The van der Waals surface area contributed by atoms with Gasteiger partial charge in [-0.2, -0.15) is 0 Å². The Kier molecular flexibility index (Phi) is 5.40. The molecule has 1 aliphatic rings. The van der Waals surface area contributed by atoms with Crippen LogP contribution in [-0.4, -0.2) is 36.5 Å². The SMILES string of the molecule is CC(=O)c1ccccc1NC(=O)[C@H](C)OC(=O)[C@H]1COc2ccccc2O1. The molecule has 0 aromatic heterocycles. The van der Waals surface area contributed by atoms with Gasteiger partial charge in [-0.1, -0.05) is 24.3 Å². The Morgan fingerprint density at radius 2 is 1.74 bits per heavy atom. The molecule has 0 bridgehead atoms. The lowest BCUT2D eigenvalue weighted by Crippen LogP contribution is -2.41. The van der Waals surface area contributed by atoms with Crippen LogP contribution in [0.1, 0.15) is 24.2 Å². The fourth-order valence-electron chi connectivity index (χ4n) is 2.57. The Balaban J connectivity index is 1.60. The minimum Gasteiger partial charge on any atom is -0.485 e. The molecule has 27 heavy (non-hydrogen) atoms. The van der Waals surface area contributed by atoms with E-state index in [-0.39, 0.29) is 12.4 Å². The third-order valence-electron chi connectivity index (χ3n) is 4.00. The van der Waals surface area contributed by atoms with Crippen LogP contribution < -0.4 is 14.8 Å². The van der Waals surface area contributed by atoms with Crippen molar-refractivity contribution < 1.29 is 28.6 Å². The highest BCUT2D eigenvalue weighted by atomic mass is 16.6. The molecule has 7 nitrogen and oxygen atoms in total. The Bertz CT molecular complexity index is 878. The zero-order valence-electron chi connectivity index (χ0n) is 14.9. The molecular weight excluding hydrogens is 350 g/mol. The lowest BCUT2D eigenvalue weighted by atomic mass is 10.1. The van der Waals surface area contributed by atoms with E-state index in [1.54, 1.807) is 48.5 Å². The number of rotatable bonds is 5. The molecule has 1 amide bonds. The van der Waals surface area contributed by atoms with Crippen LogP contribution in [0.5, 0.6) is 11.5 Å². The van der Waals surface area contributed by atoms with Gasteiger partial charge in [0.25, 0.3) is 5.91 Å². The van der Waals surface area contributed by atoms with Gasteiger partial charge in [-0.05, 0) is 38.1 Å². The number of esters is 1. The third kappa shape index (κ3) is 4.25. The lowest BCUT2D eigenvalue weighted by Gasteiger charge is -2.26. The van der Waals surface area contributed by atoms with Gasteiger partial charge >= 0.3 is 5.97 Å². The van der Waals surface area contributed by atoms with E-state index in [2.05, 4.69) is 5.32 Å². The number of hydrogen-bond acceptors (Lipinski definition) is 6. The smallest absolute Gasteiger partial charge is 0.351 e. The second-order valence-electron chi connectivity index (χ2n) is 6.03. The number of hydrogen-bond donors (Lipinski definition) is 1. The summed E-state index contributed by atoms with van der Waals surface area (Å²) in [6, 6.07) is 13.6. The van der Waals surface area contributed by atoms with Crippen molar-refractivity contribution in [2.75, 3.05) is 11.9 Å². The predicted molar refractivity (Wildman–Crippen MR) is 97.0 cm³/mol. The zero-order chi connectivity index (χ0) is 19.4. The molecule has 3 rings (SSSR count). The molecule has 0 radical (unpaired) electrons. The standard InChI is InChI=1S/C20H19NO6/c1-12(22)14-7-3-4-8-15(14)21-19(23)13(2)26-20(24)18-11-25-16-9-5-6-10-17(16)27-18/h3-10,13,18H,11H2,1-2H3,(H,21,23)/t13-,18+/m0/s1. The second kappa shape index (κ2) is 7.90. The first-order valence-electron chi connectivity index (χ1n) is 8.45. The van der Waals surface area contributed by atoms with Gasteiger partial charge in [-0.15, -0.1) is 0 Å². The molecule has 2 aromatic rings. The fraction of sp³-hybridized carbons (Fsp3) is 0.250. The molecule has 140 valence electrons. The van der Waals surface area contributed by atoms with Crippen LogP contribution in [0.15, 0.2) is 48.5 Å². The first-order valence-corrected chi connectivity index (χ1v) is 8.45. The molecular formula is C20H19NO6. The molecule has 2 aromatic carbocycles. The van der Waals surface area contributed by atoms with E-state index in [0.29, 0.717) is 22.7 Å². The van der Waals surface area contributed by atoms with Crippen LogP contribution in [0.3, 0.4) is 0 Å². The van der Waals surface area contributed by atoms with Crippen LogP contribution in [0, 0.1) is 0 Å². The fourth-order valence-corrected chi connectivity index (χ4v) is 2.57. The largest absolute Gasteiger partial charge is 0.485 e. The molecule has 0 unspecified atom stereocenters. The maximum Gasteiger partial charge on any atom is 0.351 e. The highest BCUT2D eigenvalue weighted by molar-refractivity contribution is 6.04. The van der Waals surface area contributed by atoms with Crippen molar-refractivity contribution in [3.63, 3.8) is 0 Å². The number of amides is 1. The van der Waals surface area contributed by atoms with Crippen molar-refractivity contribution in [2.45, 2.75) is 26.1 Å². The van der Waals surface area contributed by atoms with Crippen LogP contribution in [0.25, 0.3) is 0 Å². The van der Waals surface area contributed by atoms with E-state index in [1.807, 2.05) is 0 Å². The van der Waals surface area contributed by atoms with Crippen LogP contribution in [-0.2, 0) is 14.3 Å². The Morgan fingerprint density at radius 3 is 2.48 bits per heavy atom. The van der Waals surface area contributed by atoms with E-state index < -0.39 is 24.1 Å². The van der Waals surface area contributed by atoms with Crippen molar-refractivity contribution in [2.24, 2.45) is 0 Å². The van der Waals surface area contributed by atoms with Gasteiger partial charge in [0, 0.05) is 5.56 Å². The number of carbonyl (C=O) groups excluding carboxylic acids is 3. The van der Waals surface area contributed by atoms with Crippen molar-refractivity contribution in [3.8, 4) is 11.5 Å². The van der Waals surface area contributed by atoms with E-state index in [4.69, 9.17) is 14.2 Å². The molecule has 1 N–H and O–H groups in total. The number of ketones is 1. The van der Waals surface area contributed by atoms with Gasteiger partial charge in [-0.25, -0.2) is 4.79 Å². The Labute approximate surface area is 156 Å². The predicted octanol–water partition coefficient (Wildman–Crippen LogP) is 2.60. The monoisotopic (exact) mass is 369 g/mol. The van der Waals surface area contributed by atoms with Gasteiger partial charge in [0.2, 0.25) is 6.10 Å². The summed E-state index contributed by atoms with van der Waals surface area (Å²) in [5.41, 5.74) is 0.745. The quantitative estimate of drug-likeness (QED) is 0.643. The number of carbonyl (C=O) groups is 3. The van der Waals surface area contributed by atoms with Crippen molar-refractivity contribution >= 4 is 23.3 Å². The zero-order valence-corrected chi connectivity index (χ0v) is 14.9. The van der Waals surface area contributed by atoms with Crippen LogP contribution >= 0.6 is 0 Å². The highest BCUT2D eigenvalue weighted by Gasteiger charge is 2.31. The summed E-state index contributed by atoms with van der Waals surface area (Å²) in [6.45, 7) is 2.85. The molecule has 0 aliphatic carbocycles. The first kappa shape index (κ1) is 18.4. The molecule has 2 atom stereocenters. The normalized spacial score (nSPS) is 16.1. The second-order valence-corrected chi connectivity index (χ2v) is 6.03. The average molecular weight is 369 g/mol. The maximum absolute atomic E-state index is 12.3. The average Bonchev–Trinajstić information content (AvgIpc) is 2.67. The Morgan fingerprint density at radius 1 is 1.07 bits per heavy atom. The topological polar surface area (TPSA) is 90.9 Å². The van der Waals surface area contributed by atoms with E-state index in [9.17, 15) is 14.4 Å². The van der Waals surface area contributed by atoms with Crippen LogP contribution in [0.2, 0.25) is 0 Å². The van der Waals surface area contributed by atoms with E-state index in [0.717, 1.165) is 0 Å². The minimum absolute atomic E-state index is 0.00262. The highest BCUT2D eigenvalue weighted by Crippen LogP contribution is 2.31. The van der Waals surface area contributed by atoms with Gasteiger partial charge in [-0.3, -0.25) is 9.59 Å². The summed E-state index contributed by atoms with van der Waals surface area (Å²) in [7, 11) is 0. The number of nitrogens with one attached hydrogen (secondary N) is 1. The molecule has 0 saturated carbocycles. The van der Waals surface area contributed by atoms with Crippen molar-refractivity contribution in [1.29, 1.82) is 0 Å². The molecule has 0 saturated heterocycles. The van der Waals surface area contributed by atoms with Crippen LogP contribution in [0.4, 0.5) is 5.69 Å². The number of ether oxygens (including phenoxy) is 3. The number of anilines is 1. The van der Waals surface area contributed by atoms with Gasteiger partial charge in [0.15, 0.2) is 23.4 Å². The van der Waals surface area contributed by atoms with Crippen molar-refractivity contribution in [1.82, 2.24) is 0 Å². The van der Waals surface area contributed by atoms with Gasteiger partial charge in [0.1, 0.15) is 6.61 Å². The van der Waals surface area contributed by atoms with E-state index >= 15 is 0 Å². The summed E-state index contributed by atoms with van der Waals surface area (Å²) in [5.74, 6) is -0.436. The lowest BCUT2D eigenvalue weighted by molar-refractivity contribution is -0.162. The number of Topliss-reactive ketones (excluding diaryl/α,β-unsaturated/α-hetero) is 1. The summed E-state index contributed by atoms with van der Waals surface area (Å²) < 4.78 is 16.2. The summed E-state index contributed by atoms with van der Waals surface area (Å²) in [5, 5.41) is 2.61. The van der Waals surface area contributed by atoms with Gasteiger partial charge in [0.05, 0.1) is 5.69 Å². The summed E-state index contributed by atoms with van der Waals surface area (Å²) >= 11 is 0. The number of para-hydroxylation sites is 3. The molecule has 7 heteroatoms. The number of benzene rings is 2. The minimum atomic E-state index is -1.07. The summed E-state index contributed by atoms with van der Waals surface area (Å²) in [4.78, 5) is 36.3. The third-order valence-corrected chi connectivity index (χ3v) is 4.00. The van der Waals surface area contributed by atoms with Crippen molar-refractivity contribution in [3.05, 3.63) is 54.1 Å². The number of fused-ring (bicyclic) bond motifs is 1. The molecule has 0 spiro atoms. The molecule has 0 fully saturated rings. The Hall–Kier alpha value is -3.35. The van der Waals surface area contributed by atoms with E-state index in [1.165, 1.54) is 13.8 Å². The first-order chi connectivity index (χ1) is 13.0. The maximum atomic E-state index is 12.3. The van der Waals surface area contributed by atoms with Gasteiger partial charge < -0.3 is 19.5 Å². The molecule has 1 aliphatic heterocycles. The molecule has 1 heterocycles. The summed E-state index contributed by atoms with van der Waals surface area (Å²) in [6.07, 6.45) is -2.03.